The van der Waals surface area contributed by atoms with Crippen molar-refractivity contribution in [1.29, 1.82) is 5.53 Å². The Morgan fingerprint density at radius 2 is 1.93 bits per heavy atom. The number of amides is 2. The Labute approximate surface area is 173 Å². The average molecular weight is 407 g/mol. The third kappa shape index (κ3) is 4.78. The van der Waals surface area contributed by atoms with Gasteiger partial charge in [0.05, 0.1) is 11.4 Å². The second-order valence-electron chi connectivity index (χ2n) is 6.87. The third-order valence-electron chi connectivity index (χ3n) is 4.67. The van der Waals surface area contributed by atoms with Crippen molar-refractivity contribution in [2.75, 3.05) is 5.32 Å². The monoisotopic (exact) mass is 407 g/mol. The fraction of sp³-hybridized carbons (Fsp3) is 0.182. The number of anilines is 1. The van der Waals surface area contributed by atoms with Gasteiger partial charge < -0.3 is 10.1 Å². The zero-order chi connectivity index (χ0) is 21.7. The molecule has 7 nitrogen and oxygen atoms in total. The highest BCUT2D eigenvalue weighted by Crippen LogP contribution is 2.31. The van der Waals surface area contributed by atoms with Crippen LogP contribution < -0.4 is 15.5 Å². The summed E-state index contributed by atoms with van der Waals surface area (Å²) in [5, 5.41) is 5.47. The lowest BCUT2D eigenvalue weighted by Crippen LogP contribution is -2.23. The number of carbonyl (C=O) groups excluding carboxylic acids is 1. The number of ether oxygens (including phenoxy) is 1. The molecule has 0 unspecified atom stereocenters. The number of rotatable bonds is 6. The number of urea groups is 1. The van der Waals surface area contributed by atoms with Crippen LogP contribution >= 0.6 is 0 Å². The van der Waals surface area contributed by atoms with Gasteiger partial charge >= 0.3 is 6.03 Å². The Bertz CT molecular complexity index is 1100. The van der Waals surface area contributed by atoms with Crippen LogP contribution in [-0.2, 0) is 6.61 Å². The van der Waals surface area contributed by atoms with Crippen LogP contribution in [0.1, 0.15) is 22.3 Å². The van der Waals surface area contributed by atoms with Gasteiger partial charge in [-0.3, -0.25) is 4.98 Å². The van der Waals surface area contributed by atoms with Gasteiger partial charge in [0.1, 0.15) is 18.2 Å². The number of aromatic nitrogens is 1. The number of halogens is 1. The summed E-state index contributed by atoms with van der Waals surface area (Å²) in [5.41, 5.74) is 14.4. The molecule has 2 aromatic carbocycles. The van der Waals surface area contributed by atoms with E-state index in [1.165, 1.54) is 18.3 Å². The Morgan fingerprint density at radius 3 is 2.67 bits per heavy atom. The van der Waals surface area contributed by atoms with Gasteiger partial charge in [0.15, 0.2) is 0 Å². The molecule has 0 radical (unpaired) electrons. The molecule has 0 atom stereocenters. The van der Waals surface area contributed by atoms with Gasteiger partial charge in [0.25, 0.3) is 0 Å². The summed E-state index contributed by atoms with van der Waals surface area (Å²) < 4.78 is 19.6. The van der Waals surface area contributed by atoms with Crippen molar-refractivity contribution in [3.63, 3.8) is 0 Å². The number of para-hydroxylation sites is 1. The molecule has 0 aliphatic heterocycles. The summed E-state index contributed by atoms with van der Waals surface area (Å²) in [4.78, 5) is 16.0. The zero-order valence-electron chi connectivity index (χ0n) is 16.9. The van der Waals surface area contributed by atoms with Gasteiger partial charge in [-0.05, 0) is 61.2 Å². The van der Waals surface area contributed by atoms with Gasteiger partial charge in [-0.1, -0.05) is 23.4 Å². The van der Waals surface area contributed by atoms with Gasteiger partial charge in [-0.25, -0.2) is 14.6 Å². The minimum Gasteiger partial charge on any atom is -0.486 e. The SMILES string of the molecule is Cc1cc(-c2cc(F)ccn2)c(C)cc1COc1c(C)cccc1NC(=O)NN=N. The molecule has 0 spiro atoms. The third-order valence-corrected chi connectivity index (χ3v) is 4.67. The van der Waals surface area contributed by atoms with Crippen molar-refractivity contribution in [2.45, 2.75) is 27.4 Å². The van der Waals surface area contributed by atoms with E-state index >= 15 is 0 Å². The molecule has 3 N–H and O–H groups in total. The number of aryl methyl sites for hydroxylation is 3. The van der Waals surface area contributed by atoms with Gasteiger partial charge in [0.2, 0.25) is 0 Å². The summed E-state index contributed by atoms with van der Waals surface area (Å²) in [6.45, 7) is 6.07. The highest BCUT2D eigenvalue weighted by molar-refractivity contribution is 5.90. The first-order chi connectivity index (χ1) is 14.4. The van der Waals surface area contributed by atoms with Gasteiger partial charge in [-0.15, -0.1) is 0 Å². The lowest BCUT2D eigenvalue weighted by molar-refractivity contribution is 0.251. The Kier molecular flexibility index (Phi) is 6.36. The smallest absolute Gasteiger partial charge is 0.341 e. The lowest BCUT2D eigenvalue weighted by Gasteiger charge is -2.17. The summed E-state index contributed by atoms with van der Waals surface area (Å²) in [7, 11) is 0. The van der Waals surface area contributed by atoms with Crippen LogP contribution in [0.15, 0.2) is 53.9 Å². The Hall–Kier alpha value is -3.81. The molecule has 0 bridgehead atoms. The van der Waals surface area contributed by atoms with Crippen LogP contribution in [0.4, 0.5) is 14.9 Å². The van der Waals surface area contributed by atoms with Crippen molar-refractivity contribution in [1.82, 2.24) is 10.4 Å². The average Bonchev–Trinajstić information content (AvgIpc) is 2.70. The van der Waals surface area contributed by atoms with Crippen LogP contribution in [0.3, 0.4) is 0 Å². The van der Waals surface area contributed by atoms with E-state index in [1.54, 1.807) is 12.1 Å². The molecule has 0 saturated heterocycles. The van der Waals surface area contributed by atoms with Crippen molar-refractivity contribution >= 4 is 11.7 Å². The Morgan fingerprint density at radius 1 is 1.13 bits per heavy atom. The minimum absolute atomic E-state index is 0.285. The summed E-state index contributed by atoms with van der Waals surface area (Å²) in [6, 6.07) is 11.5. The first-order valence-electron chi connectivity index (χ1n) is 9.27. The number of nitrogens with one attached hydrogen (secondary N) is 3. The number of benzene rings is 2. The molecule has 154 valence electrons. The number of hydrogen-bond donors (Lipinski definition) is 3. The first-order valence-corrected chi connectivity index (χ1v) is 9.27. The van der Waals surface area contributed by atoms with Crippen LogP contribution in [-0.4, -0.2) is 11.0 Å². The molecule has 30 heavy (non-hydrogen) atoms. The van der Waals surface area contributed by atoms with E-state index in [4.69, 9.17) is 10.3 Å². The molecule has 1 heterocycles. The van der Waals surface area contributed by atoms with E-state index in [1.807, 2.05) is 44.4 Å². The zero-order valence-corrected chi connectivity index (χ0v) is 16.9. The fourth-order valence-corrected chi connectivity index (χ4v) is 3.15. The van der Waals surface area contributed by atoms with E-state index in [-0.39, 0.29) is 12.4 Å². The van der Waals surface area contributed by atoms with Crippen molar-refractivity contribution in [2.24, 2.45) is 5.22 Å². The fourth-order valence-electron chi connectivity index (χ4n) is 3.15. The summed E-state index contributed by atoms with van der Waals surface area (Å²) >= 11 is 0. The predicted octanol–water partition coefficient (Wildman–Crippen LogP) is 5.46. The molecule has 2 amide bonds. The molecular formula is C22H22FN5O2. The van der Waals surface area contributed by atoms with Gasteiger partial charge in [0, 0.05) is 17.8 Å². The van der Waals surface area contributed by atoms with E-state index in [9.17, 15) is 9.18 Å². The maximum absolute atomic E-state index is 13.6. The van der Waals surface area contributed by atoms with Crippen molar-refractivity contribution < 1.29 is 13.9 Å². The van der Waals surface area contributed by atoms with Crippen molar-refractivity contribution in [3.8, 4) is 17.0 Å². The number of hydrogen-bond acceptors (Lipinski definition) is 5. The van der Waals surface area contributed by atoms with E-state index in [0.717, 1.165) is 27.8 Å². The van der Waals surface area contributed by atoms with Crippen molar-refractivity contribution in [3.05, 3.63) is 76.7 Å². The maximum atomic E-state index is 13.6. The topological polar surface area (TPSA) is 99.5 Å². The molecular weight excluding hydrogens is 385 g/mol. The number of nitrogens with zero attached hydrogens (tertiary/aromatic N) is 2. The standard InChI is InChI=1S/C22H22FN5O2/c1-13-5-4-6-19(26-22(29)27-28-24)21(13)30-12-16-9-15(3)18(10-14(16)2)20-11-17(23)7-8-25-20/h4-11H,12H2,1-3H3,(H3,24,26,27,29). The van der Waals surface area contributed by atoms with Crippen LogP contribution in [0.25, 0.3) is 11.3 Å². The molecule has 1 aromatic heterocycles. The summed E-state index contributed by atoms with van der Waals surface area (Å²) in [6.07, 6.45) is 1.45. The number of carbonyl (C=O) groups is 1. The molecule has 8 heteroatoms. The van der Waals surface area contributed by atoms with Crippen LogP contribution in [0, 0.1) is 32.1 Å². The van der Waals surface area contributed by atoms with E-state index < -0.39 is 6.03 Å². The lowest BCUT2D eigenvalue weighted by atomic mass is 9.98. The largest absolute Gasteiger partial charge is 0.486 e. The quantitative estimate of drug-likeness (QED) is 0.374. The van der Waals surface area contributed by atoms with E-state index in [2.05, 4.69) is 15.5 Å². The second-order valence-corrected chi connectivity index (χ2v) is 6.87. The number of pyridine rings is 1. The molecule has 0 aliphatic carbocycles. The highest BCUT2D eigenvalue weighted by Gasteiger charge is 2.13. The maximum Gasteiger partial charge on any atom is 0.341 e. The minimum atomic E-state index is -0.626. The van der Waals surface area contributed by atoms with Crippen LogP contribution in [0.5, 0.6) is 5.75 Å². The molecule has 0 fully saturated rings. The first kappa shape index (κ1) is 20.9. The normalized spacial score (nSPS) is 10.4. The molecule has 3 aromatic rings. The van der Waals surface area contributed by atoms with Gasteiger partial charge in [-0.2, -0.15) is 5.53 Å². The summed E-state index contributed by atoms with van der Waals surface area (Å²) in [5.74, 6) is 0.205. The molecule has 3 rings (SSSR count). The molecule has 0 aliphatic rings. The second kappa shape index (κ2) is 9.13. The molecule has 0 saturated carbocycles. The predicted molar refractivity (Wildman–Crippen MR) is 112 cm³/mol. The highest BCUT2D eigenvalue weighted by atomic mass is 19.1. The van der Waals surface area contributed by atoms with Crippen LogP contribution in [0.2, 0.25) is 0 Å². The van der Waals surface area contributed by atoms with E-state index in [0.29, 0.717) is 17.1 Å². The Balaban J connectivity index is 1.84.